The second-order valence-electron chi connectivity index (χ2n) is 3.21. The van der Waals surface area contributed by atoms with Crippen molar-refractivity contribution in [1.82, 2.24) is 0 Å². The molecule has 0 amide bonds. The lowest BCUT2D eigenvalue weighted by Gasteiger charge is -2.10. The predicted molar refractivity (Wildman–Crippen MR) is 60.1 cm³/mol. The summed E-state index contributed by atoms with van der Waals surface area (Å²) in [5, 5.41) is 8.45. The Morgan fingerprint density at radius 1 is 1.38 bits per heavy atom. The second-order valence-corrected chi connectivity index (χ2v) is 4.37. The first-order valence-electron chi connectivity index (χ1n) is 4.38. The van der Waals surface area contributed by atoms with Crippen LogP contribution in [0.5, 0.6) is 0 Å². The van der Waals surface area contributed by atoms with E-state index in [1.807, 2.05) is 0 Å². The average Bonchev–Trinajstić information content (AvgIpc) is 2.12. The molecule has 0 radical (unpaired) electrons. The molecule has 0 aromatic heterocycles. The second kappa shape index (κ2) is 5.03. The minimum atomic E-state index is -4.36. The molecule has 0 aliphatic rings. The topological polar surface area (TPSA) is 37.3 Å². The lowest BCUT2D eigenvalue weighted by Crippen LogP contribution is -2.08. The first-order chi connectivity index (χ1) is 7.30. The van der Waals surface area contributed by atoms with Crippen LogP contribution in [-0.2, 0) is 17.4 Å². The fourth-order valence-electron chi connectivity index (χ4n) is 1.20. The van der Waals surface area contributed by atoms with E-state index in [0.29, 0.717) is 5.56 Å². The molecule has 0 aliphatic heterocycles. The molecule has 1 aromatic rings. The van der Waals surface area contributed by atoms with Crippen molar-refractivity contribution in [2.45, 2.75) is 19.0 Å². The molecule has 1 aromatic carbocycles. The van der Waals surface area contributed by atoms with Gasteiger partial charge in [0.25, 0.3) is 0 Å². The zero-order chi connectivity index (χ0) is 12.3. The Kier molecular flexibility index (Phi) is 4.17. The van der Waals surface area contributed by atoms with Crippen molar-refractivity contribution in [2.75, 3.05) is 0 Å². The molecule has 0 atom stereocenters. The van der Waals surface area contributed by atoms with Gasteiger partial charge >= 0.3 is 12.1 Å². The number of rotatable bonds is 3. The van der Waals surface area contributed by atoms with Gasteiger partial charge < -0.3 is 5.11 Å². The predicted octanol–water partition coefficient (Wildman–Crippen LogP) is 3.33. The summed E-state index contributed by atoms with van der Waals surface area (Å²) in [6.45, 7) is 0. The smallest absolute Gasteiger partial charge is 0.417 e. The molecule has 0 saturated heterocycles. The number of hydrogen-bond acceptors (Lipinski definition) is 1. The zero-order valence-corrected chi connectivity index (χ0v) is 10.2. The van der Waals surface area contributed by atoms with Crippen molar-refractivity contribution in [2.24, 2.45) is 0 Å². The normalized spacial score (nSPS) is 11.5. The maximum atomic E-state index is 12.4. The molecule has 0 fully saturated rings. The van der Waals surface area contributed by atoms with E-state index in [-0.39, 0.29) is 16.4 Å². The van der Waals surface area contributed by atoms with Gasteiger partial charge in [-0.3, -0.25) is 4.79 Å². The van der Waals surface area contributed by atoms with Gasteiger partial charge in [-0.1, -0.05) is 6.07 Å². The van der Waals surface area contributed by atoms with Gasteiger partial charge in [-0.05, 0) is 46.7 Å². The van der Waals surface area contributed by atoms with E-state index in [1.54, 1.807) is 22.6 Å². The standard InChI is InChI=1S/C10H8F3IO2/c11-10(12,13)7-3-1-6(5-8(7)14)2-4-9(15)16/h1,3,5H,2,4H2,(H,15,16). The minimum Gasteiger partial charge on any atom is -0.481 e. The van der Waals surface area contributed by atoms with Gasteiger partial charge in [0.05, 0.1) is 5.56 Å². The van der Waals surface area contributed by atoms with Crippen LogP contribution in [0.2, 0.25) is 0 Å². The molecular formula is C10H8F3IO2. The summed E-state index contributed by atoms with van der Waals surface area (Å²) < 4.78 is 37.3. The van der Waals surface area contributed by atoms with E-state index in [2.05, 4.69) is 0 Å². The van der Waals surface area contributed by atoms with Gasteiger partial charge in [-0.25, -0.2) is 0 Å². The van der Waals surface area contributed by atoms with Crippen molar-refractivity contribution in [3.8, 4) is 0 Å². The van der Waals surface area contributed by atoms with Crippen LogP contribution in [0.15, 0.2) is 18.2 Å². The number of halogens is 4. The molecule has 0 saturated carbocycles. The number of aryl methyl sites for hydroxylation is 1. The number of aliphatic carboxylic acids is 1. The number of benzene rings is 1. The van der Waals surface area contributed by atoms with E-state index in [9.17, 15) is 18.0 Å². The van der Waals surface area contributed by atoms with Crippen LogP contribution in [0.1, 0.15) is 17.5 Å². The van der Waals surface area contributed by atoms with Gasteiger partial charge in [0.2, 0.25) is 0 Å². The molecule has 1 N–H and O–H groups in total. The molecule has 0 spiro atoms. The van der Waals surface area contributed by atoms with Gasteiger partial charge in [0.1, 0.15) is 0 Å². The van der Waals surface area contributed by atoms with Crippen molar-refractivity contribution >= 4 is 28.6 Å². The average molecular weight is 344 g/mol. The Morgan fingerprint density at radius 3 is 2.44 bits per heavy atom. The SMILES string of the molecule is O=C(O)CCc1ccc(C(F)(F)F)c(I)c1. The Hall–Kier alpha value is -0.790. The minimum absolute atomic E-state index is 0.0819. The van der Waals surface area contributed by atoms with E-state index >= 15 is 0 Å². The maximum absolute atomic E-state index is 12.4. The lowest BCUT2D eigenvalue weighted by atomic mass is 10.1. The number of carboxylic acids is 1. The monoisotopic (exact) mass is 344 g/mol. The molecule has 1 rings (SSSR count). The van der Waals surface area contributed by atoms with Crippen LogP contribution in [0, 0.1) is 3.57 Å². The van der Waals surface area contributed by atoms with Crippen LogP contribution in [0.3, 0.4) is 0 Å². The summed E-state index contributed by atoms with van der Waals surface area (Å²) in [5.74, 6) is -0.963. The Morgan fingerprint density at radius 2 is 2.00 bits per heavy atom. The highest BCUT2D eigenvalue weighted by atomic mass is 127. The molecule has 0 heterocycles. The van der Waals surface area contributed by atoms with Crippen LogP contribution >= 0.6 is 22.6 Å². The fourth-order valence-corrected chi connectivity index (χ4v) is 2.08. The molecule has 0 bridgehead atoms. The molecular weight excluding hydrogens is 336 g/mol. The Balaban J connectivity index is 2.87. The van der Waals surface area contributed by atoms with Gasteiger partial charge in [-0.2, -0.15) is 13.2 Å². The molecule has 88 valence electrons. The lowest BCUT2D eigenvalue weighted by molar-refractivity contribution is -0.138. The van der Waals surface area contributed by atoms with Gasteiger partial charge in [0, 0.05) is 9.99 Å². The number of carboxylic acid groups (broad SMARTS) is 1. The third kappa shape index (κ3) is 3.66. The van der Waals surface area contributed by atoms with Crippen molar-refractivity contribution < 1.29 is 23.1 Å². The third-order valence-corrected chi connectivity index (χ3v) is 2.86. The molecule has 6 heteroatoms. The van der Waals surface area contributed by atoms with Crippen molar-refractivity contribution in [3.63, 3.8) is 0 Å². The summed E-state index contributed by atoms with van der Waals surface area (Å²) in [4.78, 5) is 10.3. The zero-order valence-electron chi connectivity index (χ0n) is 8.01. The molecule has 0 aliphatic carbocycles. The largest absolute Gasteiger partial charge is 0.481 e. The summed E-state index contributed by atoms with van der Waals surface area (Å²) >= 11 is 1.60. The van der Waals surface area contributed by atoms with Crippen molar-refractivity contribution in [3.05, 3.63) is 32.9 Å². The number of hydrogen-bond donors (Lipinski definition) is 1. The highest BCUT2D eigenvalue weighted by Crippen LogP contribution is 2.33. The summed E-state index contributed by atoms with van der Waals surface area (Å²) in [6, 6.07) is 3.67. The Labute approximate surface area is 104 Å². The highest BCUT2D eigenvalue weighted by Gasteiger charge is 2.32. The van der Waals surface area contributed by atoms with E-state index in [0.717, 1.165) is 6.07 Å². The van der Waals surface area contributed by atoms with Crippen LogP contribution in [0.4, 0.5) is 13.2 Å². The third-order valence-electron chi connectivity index (χ3n) is 1.97. The first kappa shape index (κ1) is 13.3. The van der Waals surface area contributed by atoms with Crippen LogP contribution in [-0.4, -0.2) is 11.1 Å². The maximum Gasteiger partial charge on any atom is 0.417 e. The van der Waals surface area contributed by atoms with E-state index in [1.165, 1.54) is 12.1 Å². The van der Waals surface area contributed by atoms with Gasteiger partial charge in [-0.15, -0.1) is 0 Å². The highest BCUT2D eigenvalue weighted by molar-refractivity contribution is 14.1. The van der Waals surface area contributed by atoms with Crippen LogP contribution < -0.4 is 0 Å². The number of alkyl halides is 3. The first-order valence-corrected chi connectivity index (χ1v) is 5.46. The summed E-state index contributed by atoms with van der Waals surface area (Å²) in [6.07, 6.45) is -4.20. The quantitative estimate of drug-likeness (QED) is 0.855. The van der Waals surface area contributed by atoms with E-state index in [4.69, 9.17) is 5.11 Å². The van der Waals surface area contributed by atoms with Crippen molar-refractivity contribution in [1.29, 1.82) is 0 Å². The molecule has 0 unspecified atom stereocenters. The van der Waals surface area contributed by atoms with Crippen LogP contribution in [0.25, 0.3) is 0 Å². The summed E-state index contributed by atoms with van der Waals surface area (Å²) in [7, 11) is 0. The molecule has 16 heavy (non-hydrogen) atoms. The van der Waals surface area contributed by atoms with E-state index < -0.39 is 17.7 Å². The number of carbonyl (C=O) groups is 1. The fraction of sp³-hybridized carbons (Fsp3) is 0.300. The molecule has 2 nitrogen and oxygen atoms in total. The Bertz CT molecular complexity index is 402. The van der Waals surface area contributed by atoms with Gasteiger partial charge in [0.15, 0.2) is 0 Å². The summed E-state index contributed by atoms with van der Waals surface area (Å²) in [5.41, 5.74) is -0.0908.